The van der Waals surface area contributed by atoms with Crippen LogP contribution in [-0.2, 0) is 6.42 Å². The molecule has 5 nitrogen and oxygen atoms in total. The Morgan fingerprint density at radius 2 is 2.29 bits per heavy atom. The van der Waals surface area contributed by atoms with Gasteiger partial charge in [0.05, 0.1) is 16.8 Å². The number of nitrogens with zero attached hydrogens (tertiary/aromatic N) is 2. The van der Waals surface area contributed by atoms with Gasteiger partial charge in [0.2, 0.25) is 0 Å². The number of amides is 2. The maximum Gasteiger partial charge on any atom is 0.322 e. The fraction of sp³-hybridized carbons (Fsp3) is 0.444. The largest absolute Gasteiger partial charge is 0.361 e. The van der Waals surface area contributed by atoms with Crippen molar-refractivity contribution in [2.24, 2.45) is 0 Å². The van der Waals surface area contributed by atoms with Crippen molar-refractivity contribution in [3.63, 3.8) is 0 Å². The van der Waals surface area contributed by atoms with Gasteiger partial charge in [0.25, 0.3) is 0 Å². The van der Waals surface area contributed by atoms with E-state index in [9.17, 15) is 4.79 Å². The number of halogens is 1. The van der Waals surface area contributed by atoms with Crippen LogP contribution in [0.5, 0.6) is 0 Å². The summed E-state index contributed by atoms with van der Waals surface area (Å²) in [7, 11) is 0. The van der Waals surface area contributed by atoms with Gasteiger partial charge in [-0.1, -0.05) is 29.7 Å². The van der Waals surface area contributed by atoms with E-state index in [1.807, 2.05) is 36.1 Å². The molecule has 1 aliphatic heterocycles. The summed E-state index contributed by atoms with van der Waals surface area (Å²) >= 11 is 6.21. The van der Waals surface area contributed by atoms with Crippen LogP contribution >= 0.6 is 11.6 Å². The number of rotatable bonds is 4. The van der Waals surface area contributed by atoms with E-state index < -0.39 is 0 Å². The third-order valence-corrected chi connectivity index (χ3v) is 4.61. The predicted octanol–water partition coefficient (Wildman–Crippen LogP) is 4.96. The van der Waals surface area contributed by atoms with Crippen LogP contribution in [0.15, 0.2) is 28.8 Å². The van der Waals surface area contributed by atoms with Crippen LogP contribution in [0.2, 0.25) is 5.02 Å². The molecule has 2 heterocycles. The van der Waals surface area contributed by atoms with Gasteiger partial charge in [-0.3, -0.25) is 0 Å². The third-order valence-electron chi connectivity index (χ3n) is 4.29. The molecule has 1 N–H and O–H groups in total. The van der Waals surface area contributed by atoms with Crippen molar-refractivity contribution in [1.82, 2.24) is 10.1 Å². The highest BCUT2D eigenvalue weighted by Crippen LogP contribution is 2.33. The number of aryl methyl sites for hydroxylation is 2. The zero-order valence-corrected chi connectivity index (χ0v) is 14.8. The third kappa shape index (κ3) is 3.56. The highest BCUT2D eigenvalue weighted by molar-refractivity contribution is 6.33. The van der Waals surface area contributed by atoms with Crippen LogP contribution < -0.4 is 5.32 Å². The van der Waals surface area contributed by atoms with Gasteiger partial charge >= 0.3 is 6.03 Å². The average molecular weight is 348 g/mol. The second kappa shape index (κ2) is 7.26. The molecule has 24 heavy (non-hydrogen) atoms. The van der Waals surface area contributed by atoms with Gasteiger partial charge in [-0.2, -0.15) is 0 Å². The van der Waals surface area contributed by atoms with Crippen LogP contribution in [0.4, 0.5) is 10.5 Å². The van der Waals surface area contributed by atoms with Crippen molar-refractivity contribution in [2.75, 3.05) is 11.9 Å². The molecule has 2 aromatic rings. The molecular formula is C18H22ClN3O2. The Labute approximate surface area is 147 Å². The lowest BCUT2D eigenvalue weighted by Gasteiger charge is -2.23. The van der Waals surface area contributed by atoms with E-state index in [1.165, 1.54) is 0 Å². The zero-order chi connectivity index (χ0) is 17.1. The molecule has 1 fully saturated rings. The zero-order valence-electron chi connectivity index (χ0n) is 14.0. The number of hydrogen-bond donors (Lipinski definition) is 1. The number of nitrogens with one attached hydrogen (secondary N) is 1. The van der Waals surface area contributed by atoms with Crippen LogP contribution in [0.25, 0.3) is 0 Å². The lowest BCUT2D eigenvalue weighted by Crippen LogP contribution is -2.34. The quantitative estimate of drug-likeness (QED) is 0.850. The van der Waals surface area contributed by atoms with E-state index >= 15 is 0 Å². The second-order valence-electron chi connectivity index (χ2n) is 6.23. The Morgan fingerprint density at radius 3 is 3.04 bits per heavy atom. The second-order valence-corrected chi connectivity index (χ2v) is 6.64. The predicted molar refractivity (Wildman–Crippen MR) is 94.4 cm³/mol. The molecule has 1 atom stereocenters. The Bertz CT molecular complexity index is 729. The molecule has 1 saturated heterocycles. The normalized spacial score (nSPS) is 17.3. The lowest BCUT2D eigenvalue weighted by atomic mass is 10.1. The summed E-state index contributed by atoms with van der Waals surface area (Å²) in [6.45, 7) is 4.77. The molecule has 1 aromatic heterocycles. The minimum Gasteiger partial charge on any atom is -0.361 e. The number of urea groups is 1. The maximum atomic E-state index is 12.7. The first kappa shape index (κ1) is 16.8. The summed E-state index contributed by atoms with van der Waals surface area (Å²) < 4.78 is 5.37. The van der Waals surface area contributed by atoms with Crippen LogP contribution in [-0.4, -0.2) is 22.6 Å². The van der Waals surface area contributed by atoms with Crippen molar-refractivity contribution in [2.45, 2.75) is 45.6 Å². The molecule has 2 amide bonds. The Balaban J connectivity index is 1.73. The molecule has 0 radical (unpaired) electrons. The summed E-state index contributed by atoms with van der Waals surface area (Å²) in [5, 5.41) is 7.62. The van der Waals surface area contributed by atoms with E-state index in [0.29, 0.717) is 17.3 Å². The molecule has 128 valence electrons. The van der Waals surface area contributed by atoms with Gasteiger partial charge in [0.15, 0.2) is 0 Å². The number of carbonyl (C=O) groups excluding carboxylic acids is 1. The first-order chi connectivity index (χ1) is 11.6. The van der Waals surface area contributed by atoms with Gasteiger partial charge in [0, 0.05) is 19.0 Å². The van der Waals surface area contributed by atoms with E-state index in [-0.39, 0.29) is 12.1 Å². The van der Waals surface area contributed by atoms with Gasteiger partial charge in [-0.05, 0) is 43.9 Å². The smallest absolute Gasteiger partial charge is 0.322 e. The fourth-order valence-electron chi connectivity index (χ4n) is 3.08. The van der Waals surface area contributed by atoms with E-state index in [2.05, 4.69) is 17.4 Å². The number of hydrogen-bond acceptors (Lipinski definition) is 3. The Kier molecular flexibility index (Phi) is 5.09. The number of benzene rings is 1. The summed E-state index contributed by atoms with van der Waals surface area (Å²) in [5.41, 5.74) is 2.52. The lowest BCUT2D eigenvalue weighted by molar-refractivity contribution is 0.204. The first-order valence-electron chi connectivity index (χ1n) is 8.37. The van der Waals surface area contributed by atoms with Crippen molar-refractivity contribution in [3.05, 3.63) is 46.3 Å². The summed E-state index contributed by atoms with van der Waals surface area (Å²) in [6, 6.07) is 7.38. The fourth-order valence-corrected chi connectivity index (χ4v) is 3.36. The molecule has 0 bridgehead atoms. The minimum absolute atomic E-state index is 0.0384. The van der Waals surface area contributed by atoms with Gasteiger partial charge < -0.3 is 14.7 Å². The van der Waals surface area contributed by atoms with Gasteiger partial charge in [0.1, 0.15) is 11.5 Å². The van der Waals surface area contributed by atoms with Crippen LogP contribution in [0.3, 0.4) is 0 Å². The first-order valence-corrected chi connectivity index (χ1v) is 8.75. The molecule has 0 aliphatic carbocycles. The van der Waals surface area contributed by atoms with Gasteiger partial charge in [-0.15, -0.1) is 0 Å². The average Bonchev–Trinajstić information content (AvgIpc) is 3.19. The standard InChI is InChI=1S/C18H22ClN3O2/c1-3-5-13-11-16(21-24-13)17-6-4-9-22(17)18(23)20-15-8-7-12(2)10-14(15)19/h7-8,10-11,17H,3-6,9H2,1-2H3,(H,20,23). The number of likely N-dealkylation sites (tertiary alicyclic amines) is 1. The molecule has 1 aromatic carbocycles. The van der Waals surface area contributed by atoms with Crippen molar-refractivity contribution < 1.29 is 9.32 Å². The van der Waals surface area contributed by atoms with E-state index in [1.54, 1.807) is 0 Å². The van der Waals surface area contributed by atoms with E-state index in [0.717, 1.165) is 42.7 Å². The summed E-state index contributed by atoms with van der Waals surface area (Å²) in [4.78, 5) is 14.5. The number of anilines is 1. The Morgan fingerprint density at radius 1 is 1.46 bits per heavy atom. The van der Waals surface area contributed by atoms with E-state index in [4.69, 9.17) is 16.1 Å². The molecule has 6 heteroatoms. The highest BCUT2D eigenvalue weighted by atomic mass is 35.5. The van der Waals surface area contributed by atoms with Crippen molar-refractivity contribution in [1.29, 1.82) is 0 Å². The SMILES string of the molecule is CCCc1cc(C2CCCN2C(=O)Nc2ccc(C)cc2Cl)no1. The monoisotopic (exact) mass is 347 g/mol. The highest BCUT2D eigenvalue weighted by Gasteiger charge is 2.32. The van der Waals surface area contributed by atoms with Crippen LogP contribution in [0, 0.1) is 6.92 Å². The molecule has 1 unspecified atom stereocenters. The maximum absolute atomic E-state index is 12.7. The molecule has 1 aliphatic rings. The van der Waals surface area contributed by atoms with Gasteiger partial charge in [-0.25, -0.2) is 4.79 Å². The molecule has 3 rings (SSSR count). The Hall–Kier alpha value is -2.01. The number of aromatic nitrogens is 1. The summed E-state index contributed by atoms with van der Waals surface area (Å²) in [6.07, 6.45) is 3.73. The molecular weight excluding hydrogens is 326 g/mol. The molecule has 0 spiro atoms. The topological polar surface area (TPSA) is 58.4 Å². The summed E-state index contributed by atoms with van der Waals surface area (Å²) in [5.74, 6) is 0.876. The van der Waals surface area contributed by atoms with Crippen molar-refractivity contribution in [3.8, 4) is 0 Å². The number of carbonyl (C=O) groups is 1. The minimum atomic E-state index is -0.150. The van der Waals surface area contributed by atoms with Crippen molar-refractivity contribution >= 4 is 23.3 Å². The van der Waals surface area contributed by atoms with Crippen LogP contribution in [0.1, 0.15) is 49.2 Å². The molecule has 0 saturated carbocycles.